The molecule has 2 atom stereocenters. The van der Waals surface area contributed by atoms with Crippen molar-refractivity contribution in [3.05, 3.63) is 70.8 Å². The molecular weight excluding hydrogens is 393 g/mol. The predicted octanol–water partition coefficient (Wildman–Crippen LogP) is 3.95. The van der Waals surface area contributed by atoms with Crippen LogP contribution in [0.2, 0.25) is 0 Å². The second-order valence-corrected chi connectivity index (χ2v) is 6.74. The van der Waals surface area contributed by atoms with E-state index >= 15 is 0 Å². The molecular formula is C20H28Cl2F2N2O. The molecule has 0 aliphatic rings. The van der Waals surface area contributed by atoms with Gasteiger partial charge in [-0.2, -0.15) is 0 Å². The van der Waals surface area contributed by atoms with Crippen molar-refractivity contribution in [1.82, 2.24) is 5.32 Å². The first-order valence-corrected chi connectivity index (χ1v) is 8.53. The average Bonchev–Trinajstić information content (AvgIpc) is 2.54. The molecule has 0 saturated heterocycles. The summed E-state index contributed by atoms with van der Waals surface area (Å²) in [4.78, 5) is 0. The Hall–Kier alpha value is -1.24. The molecule has 4 N–H and O–H groups in total. The monoisotopic (exact) mass is 420 g/mol. The number of nitrogens with one attached hydrogen (secondary N) is 1. The summed E-state index contributed by atoms with van der Waals surface area (Å²) in [5, 5.41) is 13.3. The van der Waals surface area contributed by atoms with Gasteiger partial charge in [0.1, 0.15) is 11.6 Å². The van der Waals surface area contributed by atoms with E-state index in [2.05, 4.69) is 31.3 Å². The second-order valence-electron chi connectivity index (χ2n) is 6.74. The number of nitrogens with two attached hydrogens (primary N) is 1. The zero-order chi connectivity index (χ0) is 18.4. The Morgan fingerprint density at radius 3 is 2.22 bits per heavy atom. The standard InChI is InChI=1S/C20H26F2N2O.2ClH/c1-13(2)16-5-3-4-14(6-16)11-24-12-20(25)19(23)9-15-7-17(21)10-18(22)8-15;;/h3-8,10,13,19-20,24-25H,9,11-12,23H2,1-2H3;2*1H/t19-,20+;;/m0../s1. The van der Waals surface area contributed by atoms with Gasteiger partial charge in [-0.05, 0) is 41.2 Å². The van der Waals surface area contributed by atoms with Gasteiger partial charge in [-0.1, -0.05) is 38.1 Å². The van der Waals surface area contributed by atoms with Gasteiger partial charge in [-0.15, -0.1) is 24.8 Å². The Balaban J connectivity index is 0.00000338. The van der Waals surface area contributed by atoms with Crippen molar-refractivity contribution in [2.24, 2.45) is 5.73 Å². The molecule has 0 unspecified atom stereocenters. The zero-order valence-corrected chi connectivity index (χ0v) is 17.1. The van der Waals surface area contributed by atoms with E-state index in [-0.39, 0.29) is 31.2 Å². The van der Waals surface area contributed by atoms with E-state index in [0.29, 0.717) is 24.6 Å². The number of hydrogen-bond acceptors (Lipinski definition) is 3. The van der Waals surface area contributed by atoms with Crippen LogP contribution in [0.4, 0.5) is 8.78 Å². The summed E-state index contributed by atoms with van der Waals surface area (Å²) < 4.78 is 26.4. The van der Waals surface area contributed by atoms with Crippen LogP contribution in [0.5, 0.6) is 0 Å². The predicted molar refractivity (Wildman–Crippen MR) is 111 cm³/mol. The largest absolute Gasteiger partial charge is 0.390 e. The Morgan fingerprint density at radius 2 is 1.63 bits per heavy atom. The van der Waals surface area contributed by atoms with E-state index in [1.54, 1.807) is 0 Å². The number of aliphatic hydroxyl groups is 1. The Labute approximate surface area is 172 Å². The molecule has 0 aromatic heterocycles. The van der Waals surface area contributed by atoms with Crippen LogP contribution in [0.1, 0.15) is 36.5 Å². The van der Waals surface area contributed by atoms with E-state index in [0.717, 1.165) is 11.6 Å². The average molecular weight is 421 g/mol. The number of rotatable bonds is 8. The summed E-state index contributed by atoms with van der Waals surface area (Å²) in [7, 11) is 0. The number of hydrogen-bond donors (Lipinski definition) is 3. The molecule has 152 valence electrons. The van der Waals surface area contributed by atoms with Gasteiger partial charge in [0.05, 0.1) is 6.10 Å². The van der Waals surface area contributed by atoms with Crippen LogP contribution in [0.15, 0.2) is 42.5 Å². The molecule has 0 spiro atoms. The van der Waals surface area contributed by atoms with Crippen molar-refractivity contribution in [2.75, 3.05) is 6.54 Å². The van der Waals surface area contributed by atoms with Crippen molar-refractivity contribution in [1.29, 1.82) is 0 Å². The number of halogens is 4. The van der Waals surface area contributed by atoms with E-state index in [4.69, 9.17) is 5.73 Å². The zero-order valence-electron chi connectivity index (χ0n) is 15.5. The van der Waals surface area contributed by atoms with Crippen molar-refractivity contribution >= 4 is 24.8 Å². The third kappa shape index (κ3) is 8.54. The summed E-state index contributed by atoms with van der Waals surface area (Å²) >= 11 is 0. The van der Waals surface area contributed by atoms with Crippen molar-refractivity contribution in [3.8, 4) is 0 Å². The molecule has 2 aromatic rings. The summed E-state index contributed by atoms with van der Waals surface area (Å²) in [6.45, 7) is 5.22. The lowest BCUT2D eigenvalue weighted by molar-refractivity contribution is 0.141. The van der Waals surface area contributed by atoms with Crippen LogP contribution in [0.3, 0.4) is 0 Å². The van der Waals surface area contributed by atoms with Crippen molar-refractivity contribution in [2.45, 2.75) is 44.9 Å². The maximum absolute atomic E-state index is 13.2. The molecule has 27 heavy (non-hydrogen) atoms. The minimum absolute atomic E-state index is 0. The highest BCUT2D eigenvalue weighted by molar-refractivity contribution is 5.85. The first-order chi connectivity index (χ1) is 11.8. The lowest BCUT2D eigenvalue weighted by Crippen LogP contribution is -2.43. The first-order valence-electron chi connectivity index (χ1n) is 8.53. The Morgan fingerprint density at radius 1 is 1.00 bits per heavy atom. The van der Waals surface area contributed by atoms with Crippen molar-refractivity contribution in [3.63, 3.8) is 0 Å². The molecule has 0 aliphatic carbocycles. The third-order valence-corrected chi connectivity index (χ3v) is 4.19. The molecule has 2 aromatic carbocycles. The smallest absolute Gasteiger partial charge is 0.126 e. The highest BCUT2D eigenvalue weighted by atomic mass is 35.5. The molecule has 0 amide bonds. The minimum Gasteiger partial charge on any atom is -0.390 e. The molecule has 2 rings (SSSR count). The molecule has 0 saturated carbocycles. The molecule has 3 nitrogen and oxygen atoms in total. The lowest BCUT2D eigenvalue weighted by atomic mass is 10.0. The number of aliphatic hydroxyl groups excluding tert-OH is 1. The van der Waals surface area contributed by atoms with Crippen LogP contribution in [-0.4, -0.2) is 23.8 Å². The van der Waals surface area contributed by atoms with Gasteiger partial charge in [-0.25, -0.2) is 8.78 Å². The Bertz CT molecular complexity index is 681. The van der Waals surface area contributed by atoms with Gasteiger partial charge in [0.15, 0.2) is 0 Å². The third-order valence-electron chi connectivity index (χ3n) is 4.19. The fourth-order valence-electron chi connectivity index (χ4n) is 2.71. The topological polar surface area (TPSA) is 58.3 Å². The van der Waals surface area contributed by atoms with Gasteiger partial charge >= 0.3 is 0 Å². The maximum atomic E-state index is 13.2. The normalized spacial score (nSPS) is 12.9. The Kier molecular flexibility index (Phi) is 11.7. The molecule has 7 heteroatoms. The highest BCUT2D eigenvalue weighted by Crippen LogP contribution is 2.15. The van der Waals surface area contributed by atoms with Gasteiger partial charge < -0.3 is 16.2 Å². The van der Waals surface area contributed by atoms with E-state index in [9.17, 15) is 13.9 Å². The van der Waals surface area contributed by atoms with E-state index in [1.807, 2.05) is 12.1 Å². The highest BCUT2D eigenvalue weighted by Gasteiger charge is 2.16. The summed E-state index contributed by atoms with van der Waals surface area (Å²) in [5.74, 6) is -0.815. The van der Waals surface area contributed by atoms with Crippen molar-refractivity contribution < 1.29 is 13.9 Å². The summed E-state index contributed by atoms with van der Waals surface area (Å²) in [5.41, 5.74) is 8.80. The summed E-state index contributed by atoms with van der Waals surface area (Å²) in [6.07, 6.45) is -0.597. The van der Waals surface area contributed by atoms with Gasteiger partial charge in [-0.3, -0.25) is 0 Å². The van der Waals surface area contributed by atoms with Crippen LogP contribution in [-0.2, 0) is 13.0 Å². The quantitative estimate of drug-likeness (QED) is 0.605. The molecule has 0 bridgehead atoms. The first kappa shape index (κ1) is 25.8. The van der Waals surface area contributed by atoms with E-state index < -0.39 is 23.8 Å². The fourth-order valence-corrected chi connectivity index (χ4v) is 2.71. The molecule has 0 heterocycles. The van der Waals surface area contributed by atoms with E-state index in [1.165, 1.54) is 17.7 Å². The molecule has 0 radical (unpaired) electrons. The number of benzene rings is 2. The molecule has 0 fully saturated rings. The lowest BCUT2D eigenvalue weighted by Gasteiger charge is -2.20. The van der Waals surface area contributed by atoms with Crippen LogP contribution < -0.4 is 11.1 Å². The van der Waals surface area contributed by atoms with Gasteiger partial charge in [0, 0.05) is 25.2 Å². The van der Waals surface area contributed by atoms with Gasteiger partial charge in [0.2, 0.25) is 0 Å². The minimum atomic E-state index is -0.806. The fraction of sp³-hybridized carbons (Fsp3) is 0.400. The molecule has 0 aliphatic heterocycles. The summed E-state index contributed by atoms with van der Waals surface area (Å²) in [6, 6.07) is 11.0. The van der Waals surface area contributed by atoms with Crippen LogP contribution in [0, 0.1) is 11.6 Å². The SMILES string of the molecule is CC(C)c1cccc(CNC[C@@H](O)[C@@H](N)Cc2cc(F)cc(F)c2)c1.Cl.Cl. The van der Waals surface area contributed by atoms with Crippen LogP contribution >= 0.6 is 24.8 Å². The second kappa shape index (κ2) is 12.3. The maximum Gasteiger partial charge on any atom is 0.126 e. The van der Waals surface area contributed by atoms with Gasteiger partial charge in [0.25, 0.3) is 0 Å². The van der Waals surface area contributed by atoms with Crippen LogP contribution in [0.25, 0.3) is 0 Å².